The van der Waals surface area contributed by atoms with Gasteiger partial charge in [0.1, 0.15) is 0 Å². The van der Waals surface area contributed by atoms with Crippen molar-refractivity contribution in [1.29, 1.82) is 0 Å². The third-order valence-electron chi connectivity index (χ3n) is 1.83. The van der Waals surface area contributed by atoms with Crippen molar-refractivity contribution in [1.82, 2.24) is 0 Å². The summed E-state index contributed by atoms with van der Waals surface area (Å²) in [5.41, 5.74) is -0.794. The van der Waals surface area contributed by atoms with E-state index in [1.54, 1.807) is 0 Å². The average Bonchev–Trinajstić information content (AvgIpc) is 2.18. The van der Waals surface area contributed by atoms with Gasteiger partial charge >= 0.3 is 12.0 Å². The molecule has 1 rings (SSSR count). The Morgan fingerprint density at radius 3 is 1.93 bits per heavy atom. The maximum atomic E-state index is 13.2. The van der Waals surface area contributed by atoms with Crippen LogP contribution < -0.4 is 0 Å². The first kappa shape index (κ1) is 12.4. The zero-order valence-corrected chi connectivity index (χ0v) is 9.19. The highest BCUT2D eigenvalue weighted by Gasteiger charge is 2.58. The van der Waals surface area contributed by atoms with Gasteiger partial charge in [0.25, 0.3) is 0 Å². The van der Waals surface area contributed by atoms with Crippen LogP contribution >= 0.6 is 15.9 Å². The third kappa shape index (κ3) is 2.31. The summed E-state index contributed by atoms with van der Waals surface area (Å²) in [4.78, 5) is 0. The fraction of sp³-hybridized carbons (Fsp3) is 0.333. The third-order valence-corrected chi connectivity index (χ3v) is 2.36. The van der Waals surface area contributed by atoms with Crippen LogP contribution in [-0.2, 0) is 10.7 Å². The van der Waals surface area contributed by atoms with Crippen LogP contribution in [0.15, 0.2) is 28.7 Å². The van der Waals surface area contributed by atoms with Crippen LogP contribution in [0.2, 0.25) is 0 Å². The van der Waals surface area contributed by atoms with E-state index in [-0.39, 0.29) is 0 Å². The van der Waals surface area contributed by atoms with Crippen molar-refractivity contribution in [2.75, 3.05) is 7.11 Å². The molecule has 0 radical (unpaired) electrons. The van der Waals surface area contributed by atoms with E-state index >= 15 is 0 Å². The minimum absolute atomic E-state index is 0.530. The van der Waals surface area contributed by atoms with E-state index in [1.807, 2.05) is 0 Å². The summed E-state index contributed by atoms with van der Waals surface area (Å²) in [5, 5.41) is 0. The molecule has 0 atom stereocenters. The number of ether oxygens (including phenoxy) is 1. The Hall–Kier alpha value is -0.620. The Bertz CT molecular complexity index is 336. The largest absolute Gasteiger partial charge is 0.423 e. The molecule has 1 nitrogen and oxygen atoms in total. The summed E-state index contributed by atoms with van der Waals surface area (Å²) >= 11 is 3.02. The van der Waals surface area contributed by atoms with E-state index in [1.165, 1.54) is 12.1 Å². The van der Waals surface area contributed by atoms with Gasteiger partial charge in [-0.15, -0.1) is 0 Å². The van der Waals surface area contributed by atoms with E-state index in [9.17, 15) is 17.6 Å². The van der Waals surface area contributed by atoms with Crippen molar-refractivity contribution in [2.24, 2.45) is 0 Å². The van der Waals surface area contributed by atoms with Crippen LogP contribution in [0.3, 0.4) is 0 Å². The molecule has 1 aromatic carbocycles. The lowest BCUT2D eigenvalue weighted by atomic mass is 10.1. The molecule has 1 aromatic rings. The molecule has 0 saturated heterocycles. The molecule has 0 saturated carbocycles. The van der Waals surface area contributed by atoms with Crippen molar-refractivity contribution < 1.29 is 22.3 Å². The van der Waals surface area contributed by atoms with Crippen molar-refractivity contribution in [3.8, 4) is 0 Å². The maximum absolute atomic E-state index is 13.2. The number of benzene rings is 1. The summed E-state index contributed by atoms with van der Waals surface area (Å²) in [7, 11) is 0.534. The molecule has 15 heavy (non-hydrogen) atoms. The number of hydrogen-bond acceptors (Lipinski definition) is 1. The first-order valence-electron chi connectivity index (χ1n) is 3.88. The quantitative estimate of drug-likeness (QED) is 0.769. The van der Waals surface area contributed by atoms with Crippen molar-refractivity contribution >= 4 is 15.9 Å². The second kappa shape index (κ2) is 4.09. The number of methoxy groups -OCH3 is 1. The highest BCUT2D eigenvalue weighted by molar-refractivity contribution is 9.10. The highest BCUT2D eigenvalue weighted by Crippen LogP contribution is 2.43. The molecular formula is C9H7BrF4O. The van der Waals surface area contributed by atoms with Gasteiger partial charge in [0.2, 0.25) is 0 Å². The van der Waals surface area contributed by atoms with Gasteiger partial charge in [-0.2, -0.15) is 17.6 Å². The molecule has 0 amide bonds. The minimum atomic E-state index is -4.51. The molecule has 6 heteroatoms. The van der Waals surface area contributed by atoms with E-state index in [2.05, 4.69) is 20.7 Å². The van der Waals surface area contributed by atoms with Gasteiger partial charge in [-0.25, -0.2) is 0 Å². The van der Waals surface area contributed by atoms with Gasteiger partial charge in [-0.3, -0.25) is 0 Å². The predicted molar refractivity (Wildman–Crippen MR) is 50.0 cm³/mol. The van der Waals surface area contributed by atoms with Crippen LogP contribution in [0, 0.1) is 0 Å². The fourth-order valence-electron chi connectivity index (χ4n) is 0.955. The summed E-state index contributed by atoms with van der Waals surface area (Å²) in [6.45, 7) is 0. The van der Waals surface area contributed by atoms with Crippen LogP contribution in [-0.4, -0.2) is 13.2 Å². The normalized spacial score (nSPS) is 12.9. The van der Waals surface area contributed by atoms with E-state index in [4.69, 9.17) is 0 Å². The molecule has 0 bridgehead atoms. The van der Waals surface area contributed by atoms with Crippen molar-refractivity contribution in [3.63, 3.8) is 0 Å². The summed E-state index contributed by atoms with van der Waals surface area (Å²) < 4.78 is 55.8. The van der Waals surface area contributed by atoms with E-state index in [0.717, 1.165) is 12.1 Å². The maximum Gasteiger partial charge on any atom is 0.423 e. The Kier molecular flexibility index (Phi) is 3.40. The molecule has 0 aromatic heterocycles. The van der Waals surface area contributed by atoms with Gasteiger partial charge in [0.15, 0.2) is 0 Å². The topological polar surface area (TPSA) is 9.23 Å². The van der Waals surface area contributed by atoms with Gasteiger partial charge in [-0.05, 0) is 12.1 Å². The van der Waals surface area contributed by atoms with E-state index < -0.39 is 17.6 Å². The Morgan fingerprint density at radius 1 is 1.07 bits per heavy atom. The molecule has 0 unspecified atom stereocenters. The smallest absolute Gasteiger partial charge is 0.319 e. The lowest BCUT2D eigenvalue weighted by Crippen LogP contribution is -2.39. The lowest BCUT2D eigenvalue weighted by molar-refractivity contribution is -0.344. The summed E-state index contributed by atoms with van der Waals surface area (Å²) in [6.07, 6.45) is -4.51. The number of halogens is 5. The zero-order valence-electron chi connectivity index (χ0n) is 7.61. The SMILES string of the molecule is COC(F)(F)C(F)(F)c1ccc(Br)cc1. The number of hydrogen-bond donors (Lipinski definition) is 0. The summed E-state index contributed by atoms with van der Waals surface area (Å²) in [6, 6.07) is 4.35. The number of alkyl halides is 4. The summed E-state index contributed by atoms with van der Waals surface area (Å²) in [5.74, 6) is -4.34. The van der Waals surface area contributed by atoms with Gasteiger partial charge in [0, 0.05) is 17.1 Å². The fourth-order valence-corrected chi connectivity index (χ4v) is 1.22. The van der Waals surface area contributed by atoms with Crippen molar-refractivity contribution in [3.05, 3.63) is 34.3 Å². The predicted octanol–water partition coefficient (Wildman–Crippen LogP) is 3.78. The van der Waals surface area contributed by atoms with Gasteiger partial charge < -0.3 is 4.74 Å². The molecule has 84 valence electrons. The second-order valence-electron chi connectivity index (χ2n) is 2.80. The van der Waals surface area contributed by atoms with E-state index in [0.29, 0.717) is 11.6 Å². The Balaban J connectivity index is 3.10. The Morgan fingerprint density at radius 2 is 1.53 bits per heavy atom. The Labute approximate surface area is 92.2 Å². The molecule has 0 aliphatic carbocycles. The van der Waals surface area contributed by atoms with Gasteiger partial charge in [-0.1, -0.05) is 28.1 Å². The minimum Gasteiger partial charge on any atom is -0.319 e. The molecule has 0 heterocycles. The molecule has 0 spiro atoms. The number of rotatable bonds is 3. The first-order chi connectivity index (χ1) is 6.81. The van der Waals surface area contributed by atoms with Gasteiger partial charge in [0.05, 0.1) is 0 Å². The molecular weight excluding hydrogens is 280 g/mol. The van der Waals surface area contributed by atoms with Crippen molar-refractivity contribution in [2.45, 2.75) is 12.0 Å². The second-order valence-corrected chi connectivity index (χ2v) is 3.72. The first-order valence-corrected chi connectivity index (χ1v) is 4.67. The standard InChI is InChI=1S/C9H7BrF4O/c1-15-9(13,14)8(11,12)6-2-4-7(10)5-3-6/h2-5H,1H3. The molecule has 0 aliphatic heterocycles. The lowest BCUT2D eigenvalue weighted by Gasteiger charge is -2.24. The zero-order chi connectivity index (χ0) is 11.7. The van der Waals surface area contributed by atoms with Crippen LogP contribution in [0.4, 0.5) is 17.6 Å². The highest BCUT2D eigenvalue weighted by atomic mass is 79.9. The molecule has 0 N–H and O–H groups in total. The molecule has 0 fully saturated rings. The van der Waals surface area contributed by atoms with Crippen LogP contribution in [0.5, 0.6) is 0 Å². The monoisotopic (exact) mass is 286 g/mol. The average molecular weight is 287 g/mol. The van der Waals surface area contributed by atoms with Crippen LogP contribution in [0.25, 0.3) is 0 Å². The molecule has 0 aliphatic rings. The van der Waals surface area contributed by atoms with Crippen LogP contribution in [0.1, 0.15) is 5.56 Å².